The molecule has 3 N–H and O–H groups in total. The van der Waals surface area contributed by atoms with E-state index < -0.39 is 17.8 Å². The largest absolute Gasteiger partial charge is 0.478 e. The van der Waals surface area contributed by atoms with Crippen LogP contribution in [0.15, 0.2) is 60.3 Å². The molecule has 8 nitrogen and oxygen atoms in total. The van der Waals surface area contributed by atoms with Crippen LogP contribution in [0.25, 0.3) is 0 Å². The second-order valence-electron chi connectivity index (χ2n) is 5.66. The number of carbonyl (C=O) groups is 3. The van der Waals surface area contributed by atoms with Gasteiger partial charge >= 0.3 is 5.97 Å². The van der Waals surface area contributed by atoms with Gasteiger partial charge in [-0.25, -0.2) is 4.79 Å². The van der Waals surface area contributed by atoms with E-state index >= 15 is 0 Å². The normalized spacial score (nSPS) is 13.5. The molecule has 0 atom stereocenters. The van der Waals surface area contributed by atoms with Crippen molar-refractivity contribution < 1.29 is 29.3 Å². The predicted molar refractivity (Wildman–Crippen MR) is 95.4 cm³/mol. The van der Waals surface area contributed by atoms with Crippen molar-refractivity contribution in [1.82, 2.24) is 4.90 Å². The van der Waals surface area contributed by atoms with Gasteiger partial charge in [0.25, 0.3) is 11.8 Å². The Kier molecular flexibility index (Phi) is 5.18. The molecule has 0 fully saturated rings. The van der Waals surface area contributed by atoms with Gasteiger partial charge in [-0.15, -0.1) is 0 Å². The van der Waals surface area contributed by atoms with E-state index in [0.717, 1.165) is 4.90 Å². The molecule has 1 aliphatic heterocycles. The van der Waals surface area contributed by atoms with Gasteiger partial charge in [-0.3, -0.25) is 14.5 Å². The second kappa shape index (κ2) is 7.71. The molecule has 1 aliphatic rings. The van der Waals surface area contributed by atoms with Gasteiger partial charge in [0.1, 0.15) is 17.2 Å². The molecule has 2 amide bonds. The van der Waals surface area contributed by atoms with Crippen molar-refractivity contribution in [2.75, 3.05) is 18.5 Å². The average Bonchev–Trinajstić information content (AvgIpc) is 2.91. The highest BCUT2D eigenvalue weighted by atomic mass is 16.5. The Balaban J connectivity index is 1.67. The highest BCUT2D eigenvalue weighted by Crippen LogP contribution is 2.25. The first-order chi connectivity index (χ1) is 13.0. The maximum absolute atomic E-state index is 12.1. The van der Waals surface area contributed by atoms with Crippen LogP contribution in [0.1, 0.15) is 10.4 Å². The number of aromatic carboxylic acids is 1. The summed E-state index contributed by atoms with van der Waals surface area (Å²) in [6, 6.07) is 12.7. The molecule has 0 aromatic heterocycles. The first-order valence-electron chi connectivity index (χ1n) is 8.04. The standard InChI is InChI=1S/C19H16N2O6/c22-9-8-21-17(23)11-16(18(21)24)20-13-4-6-14(7-5-13)27-15-3-1-2-12(10-15)19(25)26/h1-7,10-11,20,22H,8-9H2,(H,25,26). The number of aliphatic hydroxyl groups is 1. The van der Waals surface area contributed by atoms with Crippen molar-refractivity contribution in [1.29, 1.82) is 0 Å². The molecule has 0 saturated carbocycles. The quantitative estimate of drug-likeness (QED) is 0.639. The van der Waals surface area contributed by atoms with Gasteiger partial charge in [-0.1, -0.05) is 6.07 Å². The molecule has 0 spiro atoms. The fourth-order valence-electron chi connectivity index (χ4n) is 2.50. The third-order valence-electron chi connectivity index (χ3n) is 3.78. The first-order valence-corrected chi connectivity index (χ1v) is 8.04. The minimum absolute atomic E-state index is 0.0540. The summed E-state index contributed by atoms with van der Waals surface area (Å²) in [6.45, 7) is -0.352. The molecular formula is C19H16N2O6. The third-order valence-corrected chi connectivity index (χ3v) is 3.78. The summed E-state index contributed by atoms with van der Waals surface area (Å²) < 4.78 is 5.62. The fourth-order valence-corrected chi connectivity index (χ4v) is 2.50. The number of β-amino-alcohol motifs (C(OH)–C–C–N with tert-alkyl or cyclic N) is 1. The molecule has 3 rings (SSSR count). The number of aliphatic hydroxyl groups excluding tert-OH is 1. The van der Waals surface area contributed by atoms with Crippen molar-refractivity contribution in [2.45, 2.75) is 0 Å². The molecule has 0 saturated heterocycles. The Morgan fingerprint density at radius 2 is 1.81 bits per heavy atom. The molecule has 138 valence electrons. The number of anilines is 1. The van der Waals surface area contributed by atoms with Crippen LogP contribution in [0.3, 0.4) is 0 Å². The Morgan fingerprint density at radius 1 is 1.07 bits per heavy atom. The van der Waals surface area contributed by atoms with Gasteiger partial charge in [0.2, 0.25) is 0 Å². The number of ether oxygens (including phenoxy) is 1. The summed E-state index contributed by atoms with van der Waals surface area (Å²) in [7, 11) is 0. The zero-order chi connectivity index (χ0) is 19.4. The number of hydrogen-bond acceptors (Lipinski definition) is 6. The molecule has 0 unspecified atom stereocenters. The van der Waals surface area contributed by atoms with E-state index in [9.17, 15) is 14.4 Å². The molecule has 27 heavy (non-hydrogen) atoms. The number of nitrogens with zero attached hydrogens (tertiary/aromatic N) is 1. The number of carboxylic acids is 1. The van der Waals surface area contributed by atoms with Crippen molar-refractivity contribution in [3.8, 4) is 11.5 Å². The van der Waals surface area contributed by atoms with Gasteiger partial charge in [0, 0.05) is 11.8 Å². The Labute approximate surface area is 154 Å². The van der Waals surface area contributed by atoms with E-state index in [-0.39, 0.29) is 24.4 Å². The summed E-state index contributed by atoms with van der Waals surface area (Å²) in [4.78, 5) is 35.8. The third kappa shape index (κ3) is 4.13. The number of imide groups is 1. The van der Waals surface area contributed by atoms with E-state index in [4.69, 9.17) is 14.9 Å². The van der Waals surface area contributed by atoms with Crippen LogP contribution in [0.2, 0.25) is 0 Å². The summed E-state index contributed by atoms with van der Waals surface area (Å²) in [5, 5.41) is 20.8. The van der Waals surface area contributed by atoms with Crippen molar-refractivity contribution in [3.63, 3.8) is 0 Å². The zero-order valence-corrected chi connectivity index (χ0v) is 14.1. The summed E-state index contributed by atoms with van der Waals surface area (Å²) in [5.41, 5.74) is 0.811. The molecule has 8 heteroatoms. The number of hydrogen-bond donors (Lipinski definition) is 3. The Hall–Kier alpha value is -3.65. The van der Waals surface area contributed by atoms with Crippen LogP contribution < -0.4 is 10.1 Å². The molecule has 2 aromatic rings. The topological polar surface area (TPSA) is 116 Å². The monoisotopic (exact) mass is 368 g/mol. The molecule has 0 radical (unpaired) electrons. The van der Waals surface area contributed by atoms with Crippen LogP contribution in [-0.2, 0) is 9.59 Å². The van der Waals surface area contributed by atoms with Crippen molar-refractivity contribution >= 4 is 23.5 Å². The maximum atomic E-state index is 12.1. The van der Waals surface area contributed by atoms with E-state index in [1.54, 1.807) is 36.4 Å². The maximum Gasteiger partial charge on any atom is 0.335 e. The second-order valence-corrected chi connectivity index (χ2v) is 5.66. The smallest absolute Gasteiger partial charge is 0.335 e. The number of carbonyl (C=O) groups excluding carboxylic acids is 2. The number of carboxylic acid groups (broad SMARTS) is 1. The molecule has 0 aliphatic carbocycles. The molecule has 2 aromatic carbocycles. The van der Waals surface area contributed by atoms with Gasteiger partial charge in [-0.05, 0) is 42.5 Å². The molecule has 0 bridgehead atoms. The van der Waals surface area contributed by atoms with Crippen LogP contribution in [0.5, 0.6) is 11.5 Å². The van der Waals surface area contributed by atoms with E-state index in [1.165, 1.54) is 18.2 Å². The lowest BCUT2D eigenvalue weighted by Crippen LogP contribution is -2.34. The van der Waals surface area contributed by atoms with Crippen LogP contribution in [0, 0.1) is 0 Å². The van der Waals surface area contributed by atoms with Gasteiger partial charge in [-0.2, -0.15) is 0 Å². The van der Waals surface area contributed by atoms with Gasteiger partial charge < -0.3 is 20.3 Å². The van der Waals surface area contributed by atoms with Crippen molar-refractivity contribution in [2.24, 2.45) is 0 Å². The fraction of sp³-hybridized carbons (Fsp3) is 0.105. The number of rotatable bonds is 7. The minimum atomic E-state index is -1.04. The predicted octanol–water partition coefficient (Wildman–Crippen LogP) is 1.83. The lowest BCUT2D eigenvalue weighted by molar-refractivity contribution is -0.137. The Bertz CT molecular complexity index is 920. The van der Waals surface area contributed by atoms with Crippen LogP contribution >= 0.6 is 0 Å². The van der Waals surface area contributed by atoms with E-state index in [1.807, 2.05) is 0 Å². The zero-order valence-electron chi connectivity index (χ0n) is 14.1. The lowest BCUT2D eigenvalue weighted by atomic mass is 10.2. The molecule has 1 heterocycles. The number of benzene rings is 2. The van der Waals surface area contributed by atoms with Gasteiger partial charge in [0.05, 0.1) is 18.7 Å². The highest BCUT2D eigenvalue weighted by molar-refractivity contribution is 6.17. The van der Waals surface area contributed by atoms with E-state index in [2.05, 4.69) is 5.32 Å². The average molecular weight is 368 g/mol. The van der Waals surface area contributed by atoms with Crippen LogP contribution in [-0.4, -0.2) is 46.0 Å². The Morgan fingerprint density at radius 3 is 2.48 bits per heavy atom. The van der Waals surface area contributed by atoms with Crippen molar-refractivity contribution in [3.05, 3.63) is 65.9 Å². The van der Waals surface area contributed by atoms with Gasteiger partial charge in [0.15, 0.2) is 0 Å². The summed E-state index contributed by atoms with van der Waals surface area (Å²) in [5.74, 6) is -1.16. The molecular weight excluding hydrogens is 352 g/mol. The SMILES string of the molecule is O=C(O)c1cccc(Oc2ccc(NC3=CC(=O)N(CCO)C3=O)cc2)c1. The highest BCUT2D eigenvalue weighted by Gasteiger charge is 2.30. The lowest BCUT2D eigenvalue weighted by Gasteiger charge is -2.13. The summed E-state index contributed by atoms with van der Waals surface area (Å²) in [6.07, 6.45) is 1.18. The number of nitrogens with one attached hydrogen (secondary N) is 1. The summed E-state index contributed by atoms with van der Waals surface area (Å²) >= 11 is 0. The van der Waals surface area contributed by atoms with Crippen LogP contribution in [0.4, 0.5) is 5.69 Å². The van der Waals surface area contributed by atoms with E-state index in [0.29, 0.717) is 17.2 Å². The minimum Gasteiger partial charge on any atom is -0.478 e. The first kappa shape index (κ1) is 18.2. The number of amides is 2.